The molecule has 0 N–H and O–H groups in total. The Morgan fingerprint density at radius 1 is 1.38 bits per heavy atom. The second-order valence-electron chi connectivity index (χ2n) is 4.48. The van der Waals surface area contributed by atoms with Gasteiger partial charge in [0.1, 0.15) is 9.68 Å². The van der Waals surface area contributed by atoms with Crippen molar-refractivity contribution in [3.8, 4) is 0 Å². The highest BCUT2D eigenvalue weighted by Crippen LogP contribution is 2.53. The lowest BCUT2D eigenvalue weighted by molar-refractivity contribution is -0.213. The summed E-state index contributed by atoms with van der Waals surface area (Å²) in [4.78, 5) is 11.0. The van der Waals surface area contributed by atoms with Crippen LogP contribution in [0.25, 0.3) is 0 Å². The molecule has 0 aromatic carbocycles. The van der Waals surface area contributed by atoms with Crippen LogP contribution in [-0.2, 0) is 14.3 Å². The topological polar surface area (TPSA) is 35.5 Å². The van der Waals surface area contributed by atoms with Gasteiger partial charge in [-0.1, -0.05) is 0 Å². The summed E-state index contributed by atoms with van der Waals surface area (Å²) in [6.07, 6.45) is 3.65. The Kier molecular flexibility index (Phi) is 3.89. The second-order valence-corrected chi connectivity index (χ2v) is 7.59. The van der Waals surface area contributed by atoms with E-state index in [1.165, 1.54) is 6.42 Å². The fourth-order valence-electron chi connectivity index (χ4n) is 2.12. The fourth-order valence-corrected chi connectivity index (χ4v) is 5.46. The van der Waals surface area contributed by atoms with Crippen molar-refractivity contribution < 1.29 is 14.3 Å². The molecular weight excluding hydrogens is 244 g/mol. The maximum atomic E-state index is 11.0. The smallest absolute Gasteiger partial charge is 0.182 e. The zero-order valence-electron chi connectivity index (χ0n) is 9.73. The van der Waals surface area contributed by atoms with Crippen molar-refractivity contribution in [2.75, 3.05) is 18.6 Å². The number of rotatable bonds is 2. The molecule has 2 aliphatic heterocycles. The van der Waals surface area contributed by atoms with E-state index in [-0.39, 0.29) is 10.4 Å². The maximum Gasteiger partial charge on any atom is 0.182 e. The van der Waals surface area contributed by atoms with Gasteiger partial charge in [0, 0.05) is 7.11 Å². The largest absolute Gasteiger partial charge is 0.354 e. The molecule has 2 saturated heterocycles. The molecule has 0 radical (unpaired) electrons. The van der Waals surface area contributed by atoms with Crippen LogP contribution in [0.3, 0.4) is 0 Å². The third-order valence-electron chi connectivity index (χ3n) is 3.15. The summed E-state index contributed by atoms with van der Waals surface area (Å²) < 4.78 is 11.3. The highest BCUT2D eigenvalue weighted by Gasteiger charge is 2.50. The average Bonchev–Trinajstić information content (AvgIpc) is 2.34. The van der Waals surface area contributed by atoms with Gasteiger partial charge in [-0.25, -0.2) is 0 Å². The molecule has 16 heavy (non-hydrogen) atoms. The van der Waals surface area contributed by atoms with Gasteiger partial charge in [0.15, 0.2) is 12.6 Å². The van der Waals surface area contributed by atoms with Crippen LogP contribution in [0, 0.1) is 0 Å². The molecule has 5 heteroatoms. The molecule has 1 spiro atoms. The van der Waals surface area contributed by atoms with Gasteiger partial charge < -0.3 is 14.3 Å². The molecule has 2 fully saturated rings. The minimum Gasteiger partial charge on any atom is -0.354 e. The van der Waals surface area contributed by atoms with Crippen molar-refractivity contribution >= 4 is 29.8 Å². The van der Waals surface area contributed by atoms with Crippen molar-refractivity contribution in [1.82, 2.24) is 0 Å². The van der Waals surface area contributed by atoms with E-state index in [2.05, 4.69) is 0 Å². The Morgan fingerprint density at radius 2 is 2.06 bits per heavy atom. The summed E-state index contributed by atoms with van der Waals surface area (Å²) in [5.74, 6) is 2.32. The zero-order chi connectivity index (χ0) is 11.6. The Hall–Kier alpha value is 0.290. The van der Waals surface area contributed by atoms with E-state index in [1.54, 1.807) is 7.11 Å². The molecule has 0 aromatic heterocycles. The van der Waals surface area contributed by atoms with Crippen molar-refractivity contribution in [2.45, 2.75) is 42.2 Å². The number of aldehydes is 1. The van der Waals surface area contributed by atoms with Gasteiger partial charge in [0.05, 0.1) is 0 Å². The highest BCUT2D eigenvalue weighted by molar-refractivity contribution is 8.18. The maximum absolute atomic E-state index is 11.0. The molecule has 0 saturated carbocycles. The number of ether oxygens (including phenoxy) is 2. The standard InChI is InChI=1S/C11H18O3S2/c1-10(8-12)4-5-11(9(13-2)14-10)15-6-3-7-16-11/h8-9H,3-7H2,1-2H3/t9-,10-/m0/s1. The number of methoxy groups -OCH3 is 1. The van der Waals surface area contributed by atoms with Gasteiger partial charge >= 0.3 is 0 Å². The van der Waals surface area contributed by atoms with Crippen molar-refractivity contribution in [3.05, 3.63) is 0 Å². The van der Waals surface area contributed by atoms with Crippen LogP contribution >= 0.6 is 23.5 Å². The lowest BCUT2D eigenvalue weighted by atomic mass is 9.96. The third-order valence-corrected chi connectivity index (χ3v) is 6.61. The van der Waals surface area contributed by atoms with E-state index in [4.69, 9.17) is 9.47 Å². The summed E-state index contributed by atoms with van der Waals surface area (Å²) in [7, 11) is 1.67. The van der Waals surface area contributed by atoms with Gasteiger partial charge in [-0.3, -0.25) is 0 Å². The van der Waals surface area contributed by atoms with E-state index in [1.807, 2.05) is 30.4 Å². The Morgan fingerprint density at radius 3 is 2.62 bits per heavy atom. The molecule has 0 amide bonds. The first-order valence-electron chi connectivity index (χ1n) is 5.59. The molecule has 2 aliphatic rings. The van der Waals surface area contributed by atoms with Gasteiger partial charge in [0.25, 0.3) is 0 Å². The van der Waals surface area contributed by atoms with E-state index >= 15 is 0 Å². The highest BCUT2D eigenvalue weighted by atomic mass is 32.2. The molecule has 2 atom stereocenters. The lowest BCUT2D eigenvalue weighted by Crippen LogP contribution is -2.53. The van der Waals surface area contributed by atoms with Gasteiger partial charge in [0.2, 0.25) is 0 Å². The molecule has 0 aromatic rings. The Bertz CT molecular complexity index is 266. The number of carbonyl (C=O) groups excluding carboxylic acids is 1. The second kappa shape index (κ2) is 4.88. The predicted molar refractivity (Wildman–Crippen MR) is 67.8 cm³/mol. The van der Waals surface area contributed by atoms with Crippen LogP contribution in [0.1, 0.15) is 26.2 Å². The van der Waals surface area contributed by atoms with E-state index in [0.29, 0.717) is 0 Å². The minimum atomic E-state index is -0.662. The Labute approximate surface area is 105 Å². The quantitative estimate of drug-likeness (QED) is 0.714. The van der Waals surface area contributed by atoms with Crippen molar-refractivity contribution in [3.63, 3.8) is 0 Å². The molecule has 2 heterocycles. The van der Waals surface area contributed by atoms with E-state index in [0.717, 1.165) is 30.6 Å². The first kappa shape index (κ1) is 12.7. The normalized spacial score (nSPS) is 38.5. The van der Waals surface area contributed by atoms with Crippen LogP contribution < -0.4 is 0 Å². The molecular formula is C11H18O3S2. The third kappa shape index (κ3) is 2.28. The van der Waals surface area contributed by atoms with Gasteiger partial charge in [-0.05, 0) is 37.7 Å². The van der Waals surface area contributed by atoms with Gasteiger partial charge in [-0.15, -0.1) is 23.5 Å². The van der Waals surface area contributed by atoms with Crippen molar-refractivity contribution in [2.24, 2.45) is 0 Å². The van der Waals surface area contributed by atoms with E-state index in [9.17, 15) is 4.79 Å². The first-order valence-corrected chi connectivity index (χ1v) is 7.56. The molecule has 2 rings (SSSR count). The van der Waals surface area contributed by atoms with Gasteiger partial charge in [-0.2, -0.15) is 0 Å². The SMILES string of the molecule is CO[C@H]1O[C@](C)(C=O)CCC12SCCCS2. The number of hydrogen-bond acceptors (Lipinski definition) is 5. The minimum absolute atomic E-state index is 0.00944. The average molecular weight is 262 g/mol. The molecule has 92 valence electrons. The Balaban J connectivity index is 2.13. The molecule has 0 unspecified atom stereocenters. The monoisotopic (exact) mass is 262 g/mol. The van der Waals surface area contributed by atoms with Crippen LogP contribution in [0.4, 0.5) is 0 Å². The summed E-state index contributed by atoms with van der Waals surface area (Å²) in [5.41, 5.74) is -0.662. The van der Waals surface area contributed by atoms with E-state index < -0.39 is 5.60 Å². The lowest BCUT2D eigenvalue weighted by Gasteiger charge is -2.48. The summed E-state index contributed by atoms with van der Waals surface area (Å²) in [6, 6.07) is 0. The van der Waals surface area contributed by atoms with Crippen molar-refractivity contribution in [1.29, 1.82) is 0 Å². The molecule has 0 aliphatic carbocycles. The summed E-state index contributed by atoms with van der Waals surface area (Å²) in [6.45, 7) is 1.84. The number of thioether (sulfide) groups is 2. The van der Waals surface area contributed by atoms with Crippen LogP contribution in [0.15, 0.2) is 0 Å². The number of carbonyl (C=O) groups is 1. The molecule has 0 bridgehead atoms. The van der Waals surface area contributed by atoms with Crippen LogP contribution in [0.5, 0.6) is 0 Å². The predicted octanol–water partition coefficient (Wildman–Crippen LogP) is 2.29. The summed E-state index contributed by atoms with van der Waals surface area (Å²) >= 11 is 3.85. The fraction of sp³-hybridized carbons (Fsp3) is 0.909. The van der Waals surface area contributed by atoms with Crippen LogP contribution in [0.2, 0.25) is 0 Å². The zero-order valence-corrected chi connectivity index (χ0v) is 11.4. The number of hydrogen-bond donors (Lipinski definition) is 0. The van der Waals surface area contributed by atoms with Crippen LogP contribution in [-0.4, -0.2) is 40.9 Å². The molecule has 3 nitrogen and oxygen atoms in total. The first-order chi connectivity index (χ1) is 7.64. The summed E-state index contributed by atoms with van der Waals surface area (Å²) in [5, 5.41) is 0.